The molecule has 2 amide bonds. The zero-order valence-electron chi connectivity index (χ0n) is 14.7. The highest BCUT2D eigenvalue weighted by Gasteiger charge is 2.48. The topological polar surface area (TPSA) is 72.5 Å². The van der Waals surface area contributed by atoms with Crippen LogP contribution in [0.15, 0.2) is 18.3 Å². The number of ether oxygens (including phenoxy) is 2. The van der Waals surface area contributed by atoms with Crippen LogP contribution >= 0.6 is 0 Å². The van der Waals surface area contributed by atoms with Crippen molar-refractivity contribution in [3.8, 4) is 5.88 Å². The molecule has 2 N–H and O–H groups in total. The number of amides is 2. The van der Waals surface area contributed by atoms with Gasteiger partial charge in [-0.1, -0.05) is 0 Å². The Morgan fingerprint density at radius 2 is 1.96 bits per heavy atom. The SMILES string of the molecule is COCC(Oc1cc(CNC(=O)NC2CC(C(F)(F)F)C2)ccn1)C(F)(F)F. The molecule has 0 radical (unpaired) electrons. The van der Waals surface area contributed by atoms with Crippen LogP contribution in [0.1, 0.15) is 18.4 Å². The van der Waals surface area contributed by atoms with Gasteiger partial charge in [-0.05, 0) is 24.5 Å². The van der Waals surface area contributed by atoms with Crippen molar-refractivity contribution in [3.63, 3.8) is 0 Å². The Morgan fingerprint density at radius 3 is 2.54 bits per heavy atom. The van der Waals surface area contributed by atoms with Gasteiger partial charge in [0.1, 0.15) is 0 Å². The normalized spacial score (nSPS) is 20.8. The second-order valence-electron chi connectivity index (χ2n) is 6.34. The predicted molar refractivity (Wildman–Crippen MR) is 84.5 cm³/mol. The molecule has 0 aromatic carbocycles. The van der Waals surface area contributed by atoms with Gasteiger partial charge in [0.15, 0.2) is 0 Å². The average Bonchev–Trinajstić information content (AvgIpc) is 2.54. The maximum absolute atomic E-state index is 12.8. The lowest BCUT2D eigenvalue weighted by molar-refractivity contribution is -0.207. The van der Waals surface area contributed by atoms with Crippen molar-refractivity contribution in [3.05, 3.63) is 23.9 Å². The van der Waals surface area contributed by atoms with Crippen LogP contribution in [-0.2, 0) is 11.3 Å². The van der Waals surface area contributed by atoms with Gasteiger partial charge in [-0.2, -0.15) is 26.3 Å². The van der Waals surface area contributed by atoms with Crippen molar-refractivity contribution in [1.82, 2.24) is 15.6 Å². The number of alkyl halides is 6. The molecule has 12 heteroatoms. The summed E-state index contributed by atoms with van der Waals surface area (Å²) >= 11 is 0. The van der Waals surface area contributed by atoms with E-state index in [0.29, 0.717) is 5.56 Å². The third-order valence-electron chi connectivity index (χ3n) is 4.13. The fourth-order valence-corrected chi connectivity index (χ4v) is 2.54. The first kappa shape index (κ1) is 22.1. The van der Waals surface area contributed by atoms with Crippen LogP contribution in [0.3, 0.4) is 0 Å². The van der Waals surface area contributed by atoms with Gasteiger partial charge in [0.25, 0.3) is 0 Å². The van der Waals surface area contributed by atoms with Crippen LogP contribution in [0, 0.1) is 5.92 Å². The molecule has 1 heterocycles. The van der Waals surface area contributed by atoms with Gasteiger partial charge in [0, 0.05) is 32.0 Å². The summed E-state index contributed by atoms with van der Waals surface area (Å²) in [5.41, 5.74) is 0.403. The average molecular weight is 415 g/mol. The summed E-state index contributed by atoms with van der Waals surface area (Å²) in [4.78, 5) is 15.4. The molecule has 0 bridgehead atoms. The third kappa shape index (κ3) is 6.43. The van der Waals surface area contributed by atoms with Gasteiger partial charge >= 0.3 is 18.4 Å². The van der Waals surface area contributed by atoms with Crippen LogP contribution in [0.25, 0.3) is 0 Å². The minimum Gasteiger partial charge on any atom is -0.462 e. The maximum Gasteiger partial charge on any atom is 0.427 e. The minimum atomic E-state index is -4.65. The summed E-state index contributed by atoms with van der Waals surface area (Å²) < 4.78 is 85.0. The predicted octanol–water partition coefficient (Wildman–Crippen LogP) is 3.18. The molecular weight excluding hydrogens is 396 g/mol. The quantitative estimate of drug-likeness (QED) is 0.671. The third-order valence-corrected chi connectivity index (χ3v) is 4.13. The second kappa shape index (κ2) is 8.84. The maximum atomic E-state index is 12.8. The number of methoxy groups -OCH3 is 1. The van der Waals surface area contributed by atoms with E-state index in [-0.39, 0.29) is 25.3 Å². The second-order valence-corrected chi connectivity index (χ2v) is 6.34. The van der Waals surface area contributed by atoms with Crippen molar-refractivity contribution in [2.45, 2.75) is 43.9 Å². The number of hydrogen-bond acceptors (Lipinski definition) is 4. The fraction of sp³-hybridized carbons (Fsp3) is 0.625. The van der Waals surface area contributed by atoms with E-state index in [4.69, 9.17) is 4.74 Å². The molecule has 0 aliphatic heterocycles. The van der Waals surface area contributed by atoms with E-state index in [2.05, 4.69) is 20.4 Å². The number of pyridine rings is 1. The molecule has 1 aromatic rings. The Bertz CT molecular complexity index is 662. The molecule has 0 saturated heterocycles. The smallest absolute Gasteiger partial charge is 0.427 e. The van der Waals surface area contributed by atoms with Crippen LogP contribution in [0.5, 0.6) is 5.88 Å². The van der Waals surface area contributed by atoms with Gasteiger partial charge < -0.3 is 20.1 Å². The van der Waals surface area contributed by atoms with Crippen LogP contribution in [0.4, 0.5) is 31.1 Å². The van der Waals surface area contributed by atoms with Gasteiger partial charge in [-0.15, -0.1) is 0 Å². The van der Waals surface area contributed by atoms with Crippen molar-refractivity contribution in [2.24, 2.45) is 5.92 Å². The van der Waals surface area contributed by atoms with E-state index >= 15 is 0 Å². The van der Waals surface area contributed by atoms with E-state index in [0.717, 1.165) is 7.11 Å². The number of hydrogen-bond donors (Lipinski definition) is 2. The first-order valence-electron chi connectivity index (χ1n) is 8.27. The van der Waals surface area contributed by atoms with E-state index in [9.17, 15) is 31.1 Å². The number of nitrogens with one attached hydrogen (secondary N) is 2. The summed E-state index contributed by atoms with van der Waals surface area (Å²) in [6.45, 7) is -0.780. The zero-order chi connectivity index (χ0) is 20.9. The number of urea groups is 1. The summed E-state index contributed by atoms with van der Waals surface area (Å²) in [6, 6.07) is 1.44. The van der Waals surface area contributed by atoms with Crippen LogP contribution in [0.2, 0.25) is 0 Å². The summed E-state index contributed by atoms with van der Waals surface area (Å²) in [5.74, 6) is -1.71. The number of nitrogens with zero attached hydrogens (tertiary/aromatic N) is 1. The monoisotopic (exact) mass is 415 g/mol. The molecule has 1 unspecified atom stereocenters. The van der Waals surface area contributed by atoms with Crippen molar-refractivity contribution < 1.29 is 40.6 Å². The Kier molecular flexibility index (Phi) is 6.96. The Labute approximate surface area is 156 Å². The number of carbonyl (C=O) groups is 1. The van der Waals surface area contributed by atoms with E-state index in [1.165, 1.54) is 18.3 Å². The number of rotatable bonds is 7. The fourth-order valence-electron chi connectivity index (χ4n) is 2.54. The molecule has 2 rings (SSSR count). The first-order valence-corrected chi connectivity index (χ1v) is 8.27. The Hall–Kier alpha value is -2.24. The molecule has 6 nitrogen and oxygen atoms in total. The molecule has 1 aliphatic rings. The number of halogens is 6. The van der Waals surface area contributed by atoms with E-state index < -0.39 is 43.1 Å². The van der Waals surface area contributed by atoms with Crippen molar-refractivity contribution in [2.75, 3.05) is 13.7 Å². The molecular formula is C16H19F6N3O3. The van der Waals surface area contributed by atoms with E-state index in [1.807, 2.05) is 0 Å². The van der Waals surface area contributed by atoms with Crippen molar-refractivity contribution >= 4 is 6.03 Å². The summed E-state index contributed by atoms with van der Waals surface area (Å²) in [5, 5.41) is 4.84. The van der Waals surface area contributed by atoms with E-state index in [1.54, 1.807) is 0 Å². The molecule has 1 fully saturated rings. The highest BCUT2D eigenvalue weighted by atomic mass is 19.4. The molecule has 158 valence electrons. The standard InChI is InChI=1S/C16H19F6N3O3/c1-27-8-12(16(20,21)22)28-13-4-9(2-3-23-13)7-24-14(26)25-11-5-10(6-11)15(17,18)19/h2-4,10-12H,5-8H2,1H3,(H2,24,25,26). The zero-order valence-corrected chi connectivity index (χ0v) is 14.7. The minimum absolute atomic E-state index is 0.0684. The highest BCUT2D eigenvalue weighted by Crippen LogP contribution is 2.40. The molecule has 1 aromatic heterocycles. The Balaban J connectivity index is 1.82. The summed E-state index contributed by atoms with van der Waals surface area (Å²) in [6.07, 6.45) is -10.3. The lowest BCUT2D eigenvalue weighted by Crippen LogP contribution is -2.51. The lowest BCUT2D eigenvalue weighted by atomic mass is 9.80. The van der Waals surface area contributed by atoms with Crippen LogP contribution < -0.4 is 15.4 Å². The van der Waals surface area contributed by atoms with Gasteiger partial charge in [-0.3, -0.25) is 0 Å². The first-order chi connectivity index (χ1) is 13.0. The summed E-state index contributed by atoms with van der Waals surface area (Å²) in [7, 11) is 1.10. The number of carbonyl (C=O) groups excluding carboxylic acids is 1. The lowest BCUT2D eigenvalue weighted by Gasteiger charge is -2.36. The van der Waals surface area contributed by atoms with Gasteiger partial charge in [0.05, 0.1) is 12.5 Å². The Morgan fingerprint density at radius 1 is 1.29 bits per heavy atom. The van der Waals surface area contributed by atoms with Gasteiger partial charge in [0.2, 0.25) is 12.0 Å². The molecule has 28 heavy (non-hydrogen) atoms. The highest BCUT2D eigenvalue weighted by molar-refractivity contribution is 5.74. The van der Waals surface area contributed by atoms with Crippen molar-refractivity contribution in [1.29, 1.82) is 0 Å². The molecule has 1 atom stereocenters. The number of aromatic nitrogens is 1. The van der Waals surface area contributed by atoms with Gasteiger partial charge in [-0.25, -0.2) is 9.78 Å². The molecule has 1 aliphatic carbocycles. The van der Waals surface area contributed by atoms with Crippen LogP contribution in [-0.4, -0.2) is 49.2 Å². The molecule has 1 saturated carbocycles. The largest absolute Gasteiger partial charge is 0.462 e. The molecule has 0 spiro atoms.